The lowest BCUT2D eigenvalue weighted by atomic mass is 9.89. The first-order valence-corrected chi connectivity index (χ1v) is 10.1. The van der Waals surface area contributed by atoms with E-state index in [-0.39, 0.29) is 10.5 Å². The summed E-state index contributed by atoms with van der Waals surface area (Å²) in [6.45, 7) is 8.84. The Hall–Kier alpha value is -1.82. The van der Waals surface area contributed by atoms with E-state index in [9.17, 15) is 21.6 Å². The van der Waals surface area contributed by atoms with Crippen LogP contribution in [0.2, 0.25) is 0 Å². The first-order chi connectivity index (χ1) is 12.8. The van der Waals surface area contributed by atoms with Crippen LogP contribution in [0.4, 0.5) is 13.2 Å². The molecule has 0 radical (unpaired) electrons. The molecule has 0 bridgehead atoms. The third-order valence-electron chi connectivity index (χ3n) is 4.20. The van der Waals surface area contributed by atoms with Crippen LogP contribution in [0.1, 0.15) is 27.7 Å². The van der Waals surface area contributed by atoms with Crippen LogP contribution in [0.3, 0.4) is 0 Å². The highest BCUT2D eigenvalue weighted by Crippen LogP contribution is 2.55. The zero-order chi connectivity index (χ0) is 21.4. The van der Waals surface area contributed by atoms with Gasteiger partial charge in [0.15, 0.2) is 0 Å². The summed E-state index contributed by atoms with van der Waals surface area (Å²) in [6, 6.07) is 6.84. The Kier molecular flexibility index (Phi) is 5.79. The Labute approximate surface area is 163 Å². The third-order valence-corrected chi connectivity index (χ3v) is 6.56. The monoisotopic (exact) mass is 416 g/mol. The lowest BCUT2D eigenvalue weighted by Crippen LogP contribution is -2.65. The third kappa shape index (κ3) is 3.36. The fourth-order valence-electron chi connectivity index (χ4n) is 2.99. The summed E-state index contributed by atoms with van der Waals surface area (Å²) >= 11 is 0. The summed E-state index contributed by atoms with van der Waals surface area (Å²) in [4.78, 5) is -0.321. The Morgan fingerprint density at radius 1 is 1.21 bits per heavy atom. The van der Waals surface area contributed by atoms with Crippen molar-refractivity contribution in [2.75, 3.05) is 13.2 Å². The van der Waals surface area contributed by atoms with E-state index in [1.807, 2.05) is 0 Å². The lowest BCUT2D eigenvalue weighted by Gasteiger charge is -2.41. The summed E-state index contributed by atoms with van der Waals surface area (Å²) < 4.78 is 77.3. The Morgan fingerprint density at radius 3 is 2.25 bits per heavy atom. The van der Waals surface area contributed by atoms with Gasteiger partial charge in [0, 0.05) is 12.0 Å². The molecule has 28 heavy (non-hydrogen) atoms. The molecule has 0 aliphatic carbocycles. The van der Waals surface area contributed by atoms with Crippen LogP contribution >= 0.6 is 0 Å². The van der Waals surface area contributed by atoms with Gasteiger partial charge in [-0.25, -0.2) is 8.42 Å². The fraction of sp³-hybridized carbons (Fsp3) is 0.500. The predicted octanol–water partition coefficient (Wildman–Crippen LogP) is 4.13. The van der Waals surface area contributed by atoms with E-state index in [4.69, 9.17) is 9.47 Å². The molecule has 0 spiro atoms. The number of halogens is 3. The highest BCUT2D eigenvalue weighted by Gasteiger charge is 2.79. The Morgan fingerprint density at radius 2 is 1.79 bits per heavy atom. The molecule has 0 N–H and O–H groups in total. The SMILES string of the molecule is C=C1CO[C@](OCC)(C(F)(F)F)[C@]1(C#CC(C)(C)C)S(=O)(=O)c1ccccc1. The zero-order valence-electron chi connectivity index (χ0n) is 16.2. The van der Waals surface area contributed by atoms with Gasteiger partial charge in [0.25, 0.3) is 0 Å². The van der Waals surface area contributed by atoms with Crippen LogP contribution in [0.25, 0.3) is 0 Å². The lowest BCUT2D eigenvalue weighted by molar-refractivity contribution is -0.369. The second-order valence-corrected chi connectivity index (χ2v) is 9.53. The van der Waals surface area contributed by atoms with Crippen molar-refractivity contribution in [2.45, 2.75) is 49.3 Å². The van der Waals surface area contributed by atoms with E-state index in [0.717, 1.165) is 0 Å². The van der Waals surface area contributed by atoms with Gasteiger partial charge < -0.3 is 9.47 Å². The molecular weight excluding hydrogens is 393 g/mol. The molecule has 8 heteroatoms. The van der Waals surface area contributed by atoms with Gasteiger partial charge in [0.2, 0.25) is 14.6 Å². The van der Waals surface area contributed by atoms with Crippen molar-refractivity contribution >= 4 is 9.84 Å². The first kappa shape index (κ1) is 22.5. The molecule has 1 saturated heterocycles. The zero-order valence-corrected chi connectivity index (χ0v) is 17.0. The van der Waals surface area contributed by atoms with Crippen LogP contribution in [0.15, 0.2) is 47.4 Å². The average Bonchev–Trinajstić information content (AvgIpc) is 2.88. The summed E-state index contributed by atoms with van der Waals surface area (Å²) in [6.07, 6.45) is -5.18. The molecule has 0 saturated carbocycles. The number of benzene rings is 1. The molecule has 0 amide bonds. The molecule has 1 aliphatic heterocycles. The highest BCUT2D eigenvalue weighted by molar-refractivity contribution is 7.93. The molecule has 4 nitrogen and oxygen atoms in total. The van der Waals surface area contributed by atoms with Crippen LogP contribution in [0, 0.1) is 17.3 Å². The van der Waals surface area contributed by atoms with Crippen molar-refractivity contribution in [3.8, 4) is 11.8 Å². The van der Waals surface area contributed by atoms with Crippen LogP contribution in [-0.2, 0) is 19.3 Å². The smallest absolute Gasteiger partial charge is 0.341 e. The largest absolute Gasteiger partial charge is 0.446 e. The van der Waals surface area contributed by atoms with E-state index in [1.165, 1.54) is 31.2 Å². The van der Waals surface area contributed by atoms with Gasteiger partial charge in [0.05, 0.1) is 11.5 Å². The molecule has 1 aromatic carbocycles. The summed E-state index contributed by atoms with van der Waals surface area (Å²) in [7, 11) is -4.73. The van der Waals surface area contributed by atoms with Gasteiger partial charge in [0.1, 0.15) is 0 Å². The quantitative estimate of drug-likeness (QED) is 0.547. The van der Waals surface area contributed by atoms with Gasteiger partial charge in [-0.2, -0.15) is 13.2 Å². The number of rotatable bonds is 4. The van der Waals surface area contributed by atoms with Crippen LogP contribution in [0.5, 0.6) is 0 Å². The van der Waals surface area contributed by atoms with E-state index in [0.29, 0.717) is 0 Å². The van der Waals surface area contributed by atoms with Crippen molar-refractivity contribution < 1.29 is 31.1 Å². The predicted molar refractivity (Wildman–Crippen MR) is 99.1 cm³/mol. The Balaban J connectivity index is 2.99. The molecule has 154 valence electrons. The fourth-order valence-corrected chi connectivity index (χ4v) is 5.07. The van der Waals surface area contributed by atoms with Gasteiger partial charge in [-0.3, -0.25) is 0 Å². The maximum atomic E-state index is 14.3. The highest BCUT2D eigenvalue weighted by atomic mass is 32.2. The molecule has 1 aromatic rings. The Bertz CT molecular complexity index is 905. The van der Waals surface area contributed by atoms with E-state index < -0.39 is 45.2 Å². The maximum absolute atomic E-state index is 14.3. The second kappa shape index (κ2) is 7.21. The normalized spacial score (nSPS) is 26.0. The molecule has 2 rings (SSSR count). The summed E-state index contributed by atoms with van der Waals surface area (Å²) in [5.41, 5.74) is -1.09. The number of ether oxygens (including phenoxy) is 2. The summed E-state index contributed by atoms with van der Waals surface area (Å²) in [5, 5.41) is 0. The van der Waals surface area contributed by atoms with Gasteiger partial charge >= 0.3 is 12.0 Å². The standard InChI is InChI=1S/C20H23F3O4S/c1-6-26-19(20(21,22)23)18(15(2)14-27-19,13-12-17(3,4)5)28(24,25)16-10-8-7-9-11-16/h7-11H,2,6,14H2,1,3-5H3/t18-,19+/m1/s1. The molecule has 0 unspecified atom stereocenters. The minimum atomic E-state index is -5.18. The molecular formula is C20H23F3O4S. The van der Waals surface area contributed by atoms with Crippen molar-refractivity contribution in [1.29, 1.82) is 0 Å². The number of hydrogen-bond acceptors (Lipinski definition) is 4. The first-order valence-electron chi connectivity index (χ1n) is 8.62. The van der Waals surface area contributed by atoms with E-state index in [2.05, 4.69) is 18.4 Å². The van der Waals surface area contributed by atoms with E-state index >= 15 is 0 Å². The molecule has 0 aromatic heterocycles. The van der Waals surface area contributed by atoms with E-state index in [1.54, 1.807) is 26.8 Å². The number of alkyl halides is 3. The van der Waals surface area contributed by atoms with Crippen LogP contribution < -0.4 is 0 Å². The van der Waals surface area contributed by atoms with Gasteiger partial charge in [-0.15, -0.1) is 0 Å². The molecule has 1 aliphatic rings. The molecule has 1 fully saturated rings. The van der Waals surface area contributed by atoms with Crippen LogP contribution in [-0.4, -0.2) is 38.3 Å². The second-order valence-electron chi connectivity index (χ2n) is 7.44. The topological polar surface area (TPSA) is 52.6 Å². The minimum absolute atomic E-state index is 0.320. The van der Waals surface area contributed by atoms with Crippen molar-refractivity contribution in [1.82, 2.24) is 0 Å². The molecule has 1 heterocycles. The number of hydrogen-bond donors (Lipinski definition) is 0. The van der Waals surface area contributed by atoms with Gasteiger partial charge in [-0.05, 0) is 45.4 Å². The van der Waals surface area contributed by atoms with Crippen molar-refractivity contribution in [3.63, 3.8) is 0 Å². The van der Waals surface area contributed by atoms with Crippen molar-refractivity contribution in [3.05, 3.63) is 42.5 Å². The maximum Gasteiger partial charge on any atom is 0.446 e. The minimum Gasteiger partial charge on any atom is -0.341 e. The van der Waals surface area contributed by atoms with Gasteiger partial charge in [-0.1, -0.05) is 36.6 Å². The summed E-state index contributed by atoms with van der Waals surface area (Å²) in [5.74, 6) is 1.56. The van der Waals surface area contributed by atoms with Crippen molar-refractivity contribution in [2.24, 2.45) is 5.41 Å². The number of sulfone groups is 1. The molecule has 2 atom stereocenters. The average molecular weight is 416 g/mol.